The topological polar surface area (TPSA) is 105 Å². The fourth-order valence-electron chi connectivity index (χ4n) is 2.96. The normalized spacial score (nSPS) is 18.9. The second kappa shape index (κ2) is 21.3. The van der Waals surface area contributed by atoms with Crippen molar-refractivity contribution in [2.45, 2.75) is 103 Å². The number of hydrogen-bond donors (Lipinski definition) is 1. The Bertz CT molecular complexity index is 837. The molecule has 0 bridgehead atoms. The molecule has 0 amide bonds. The first-order valence-corrected chi connectivity index (χ1v) is 14.1. The molecular weight excluding hydrogens is 469 g/mol. The standard InChI is InChI=1S/C26H52NO7P/c1-5-6-7-8-9-10-11-12-13-14-15-16-17-18-19-20-26(29)32-23-25(28)24-34-35(30,31)33-22-21-27(2,3)4/h12-13,25,28H,5-11,14-24H2,1-4H3/b13-12-/t25-/m1/s1/i1D3,5D2,6D2. The molecule has 0 aliphatic heterocycles. The maximum Gasteiger partial charge on any atom is 0.305 e. The van der Waals surface area contributed by atoms with Gasteiger partial charge in [0.2, 0.25) is 0 Å². The number of rotatable bonds is 24. The van der Waals surface area contributed by atoms with Crippen LogP contribution in [0, 0.1) is 0 Å². The molecule has 0 saturated heterocycles. The Labute approximate surface area is 224 Å². The van der Waals surface area contributed by atoms with Gasteiger partial charge in [0.1, 0.15) is 25.9 Å². The zero-order chi connectivity index (χ0) is 32.5. The third-order valence-corrected chi connectivity index (χ3v) is 6.02. The fraction of sp³-hybridized carbons (Fsp3) is 0.885. The summed E-state index contributed by atoms with van der Waals surface area (Å²) >= 11 is 0. The van der Waals surface area contributed by atoms with E-state index in [0.717, 1.165) is 44.9 Å². The number of ether oxygens (including phenoxy) is 1. The highest BCUT2D eigenvalue weighted by atomic mass is 31.2. The van der Waals surface area contributed by atoms with E-state index in [2.05, 4.69) is 16.7 Å². The number of unbranched alkanes of at least 4 members (excludes halogenated alkanes) is 8. The molecule has 208 valence electrons. The highest BCUT2D eigenvalue weighted by molar-refractivity contribution is 7.45. The number of allylic oxidation sites excluding steroid dienone is 2. The van der Waals surface area contributed by atoms with Gasteiger partial charge in [-0.15, -0.1) is 0 Å². The smallest absolute Gasteiger partial charge is 0.305 e. The van der Waals surface area contributed by atoms with Crippen molar-refractivity contribution in [3.05, 3.63) is 12.2 Å². The van der Waals surface area contributed by atoms with Gasteiger partial charge < -0.3 is 28.3 Å². The number of nitrogens with zero attached hydrogens (tertiary/aromatic N) is 1. The molecule has 0 spiro atoms. The van der Waals surface area contributed by atoms with Crippen LogP contribution in [-0.4, -0.2) is 69.2 Å². The van der Waals surface area contributed by atoms with Crippen molar-refractivity contribution in [3.8, 4) is 0 Å². The van der Waals surface area contributed by atoms with Crippen LogP contribution in [0.5, 0.6) is 0 Å². The summed E-state index contributed by atoms with van der Waals surface area (Å²) in [6.45, 7) is -3.49. The van der Waals surface area contributed by atoms with Crippen molar-refractivity contribution >= 4 is 13.8 Å². The summed E-state index contributed by atoms with van der Waals surface area (Å²) in [5.41, 5.74) is 0. The van der Waals surface area contributed by atoms with Crippen molar-refractivity contribution < 1.29 is 47.2 Å². The average Bonchev–Trinajstić information content (AvgIpc) is 2.84. The number of carbonyl (C=O) groups excluding carboxylic acids is 1. The number of carbonyl (C=O) groups is 1. The summed E-state index contributed by atoms with van der Waals surface area (Å²) in [4.78, 5) is 23.5. The first-order chi connectivity index (χ1) is 19.2. The molecule has 0 aromatic carbocycles. The van der Waals surface area contributed by atoms with E-state index < -0.39 is 46.1 Å². The van der Waals surface area contributed by atoms with E-state index in [1.54, 1.807) is 0 Å². The maximum atomic E-state index is 11.8. The molecule has 0 aromatic rings. The van der Waals surface area contributed by atoms with Crippen LogP contribution in [0.25, 0.3) is 0 Å². The Morgan fingerprint density at radius 2 is 1.60 bits per heavy atom. The average molecular weight is 529 g/mol. The first kappa shape index (κ1) is 23.4. The van der Waals surface area contributed by atoms with Crippen LogP contribution < -0.4 is 4.89 Å². The van der Waals surface area contributed by atoms with Crippen LogP contribution in [0.1, 0.15) is 106 Å². The van der Waals surface area contributed by atoms with Gasteiger partial charge in [-0.2, -0.15) is 0 Å². The van der Waals surface area contributed by atoms with Crippen LogP contribution in [0.15, 0.2) is 12.2 Å². The molecule has 0 fully saturated rings. The second-order valence-electron chi connectivity index (χ2n) is 9.61. The summed E-state index contributed by atoms with van der Waals surface area (Å²) < 4.78 is 79.1. The predicted octanol–water partition coefficient (Wildman–Crippen LogP) is 5.14. The molecule has 0 heterocycles. The second-order valence-corrected chi connectivity index (χ2v) is 11.0. The van der Waals surface area contributed by atoms with Crippen LogP contribution >= 0.6 is 7.82 Å². The number of quaternary nitrogens is 1. The summed E-state index contributed by atoms with van der Waals surface area (Å²) in [7, 11) is 1.13. The molecular formula is C26H52NO7P. The van der Waals surface area contributed by atoms with Gasteiger partial charge in [0.05, 0.1) is 27.7 Å². The lowest BCUT2D eigenvalue weighted by Crippen LogP contribution is -2.37. The maximum absolute atomic E-state index is 11.8. The lowest BCUT2D eigenvalue weighted by atomic mass is 10.1. The van der Waals surface area contributed by atoms with E-state index in [0.29, 0.717) is 30.3 Å². The molecule has 0 rings (SSSR count). The quantitative estimate of drug-likeness (QED) is 0.0608. The van der Waals surface area contributed by atoms with E-state index >= 15 is 0 Å². The fourth-order valence-corrected chi connectivity index (χ4v) is 3.70. The van der Waals surface area contributed by atoms with Gasteiger partial charge in [0.15, 0.2) is 0 Å². The van der Waals surface area contributed by atoms with Gasteiger partial charge in [-0.05, 0) is 32.1 Å². The van der Waals surface area contributed by atoms with Gasteiger partial charge in [0.25, 0.3) is 7.82 Å². The first-order valence-electron chi connectivity index (χ1n) is 16.1. The summed E-state index contributed by atoms with van der Waals surface area (Å²) in [5.74, 6) is -0.464. The Kier molecular flexibility index (Phi) is 14.2. The van der Waals surface area contributed by atoms with Crippen molar-refractivity contribution in [3.63, 3.8) is 0 Å². The van der Waals surface area contributed by atoms with E-state index in [1.165, 1.54) is 0 Å². The summed E-state index contributed by atoms with van der Waals surface area (Å²) in [5, 5.41) is 9.81. The third-order valence-electron chi connectivity index (χ3n) is 5.05. The van der Waals surface area contributed by atoms with Gasteiger partial charge in [-0.1, -0.05) is 70.3 Å². The minimum atomic E-state index is -4.54. The third kappa shape index (κ3) is 26.1. The number of aliphatic hydroxyl groups is 1. The Morgan fingerprint density at radius 3 is 2.23 bits per heavy atom. The Balaban J connectivity index is 3.76. The lowest BCUT2D eigenvalue weighted by molar-refractivity contribution is -0.870. The highest BCUT2D eigenvalue weighted by Crippen LogP contribution is 2.38. The van der Waals surface area contributed by atoms with Crippen molar-refractivity contribution in [1.29, 1.82) is 0 Å². The van der Waals surface area contributed by atoms with Crippen LogP contribution in [-0.2, 0) is 23.1 Å². The number of phosphoric ester groups is 1. The van der Waals surface area contributed by atoms with Crippen LogP contribution in [0.2, 0.25) is 0 Å². The van der Waals surface area contributed by atoms with E-state index in [1.807, 2.05) is 21.1 Å². The van der Waals surface area contributed by atoms with Crippen LogP contribution in [0.3, 0.4) is 0 Å². The van der Waals surface area contributed by atoms with E-state index in [9.17, 15) is 19.4 Å². The highest BCUT2D eigenvalue weighted by Gasteiger charge is 2.16. The molecule has 0 aromatic heterocycles. The van der Waals surface area contributed by atoms with Gasteiger partial charge in [-0.25, -0.2) is 0 Å². The van der Waals surface area contributed by atoms with Gasteiger partial charge in [-0.3, -0.25) is 9.36 Å². The monoisotopic (exact) mass is 528 g/mol. The minimum Gasteiger partial charge on any atom is -0.756 e. The number of hydrogen-bond acceptors (Lipinski definition) is 7. The molecule has 1 unspecified atom stereocenters. The molecule has 35 heavy (non-hydrogen) atoms. The zero-order valence-electron chi connectivity index (χ0n) is 28.8. The van der Waals surface area contributed by atoms with Crippen molar-refractivity contribution in [1.82, 2.24) is 0 Å². The molecule has 0 radical (unpaired) electrons. The van der Waals surface area contributed by atoms with Crippen LogP contribution in [0.4, 0.5) is 0 Å². The van der Waals surface area contributed by atoms with Gasteiger partial charge >= 0.3 is 5.97 Å². The molecule has 0 aliphatic carbocycles. The number of aliphatic hydroxyl groups excluding tert-OH is 1. The van der Waals surface area contributed by atoms with E-state index in [-0.39, 0.29) is 26.1 Å². The molecule has 8 nitrogen and oxygen atoms in total. The predicted molar refractivity (Wildman–Crippen MR) is 139 cm³/mol. The van der Waals surface area contributed by atoms with Gasteiger partial charge in [0, 0.05) is 16.0 Å². The molecule has 1 N–H and O–H groups in total. The lowest BCUT2D eigenvalue weighted by Gasteiger charge is -2.27. The zero-order valence-corrected chi connectivity index (χ0v) is 22.7. The van der Waals surface area contributed by atoms with E-state index in [4.69, 9.17) is 18.9 Å². The number of likely N-dealkylation sites (N-methyl/N-ethyl adjacent to an activating group) is 1. The minimum absolute atomic E-state index is 0.0426. The Morgan fingerprint density at radius 1 is 1.00 bits per heavy atom. The molecule has 2 atom stereocenters. The van der Waals surface area contributed by atoms with Crippen molar-refractivity contribution in [2.24, 2.45) is 0 Å². The molecule has 9 heteroatoms. The largest absolute Gasteiger partial charge is 0.756 e. The number of phosphoric acid groups is 1. The number of esters is 1. The molecule has 0 aliphatic rings. The van der Waals surface area contributed by atoms with Crippen molar-refractivity contribution in [2.75, 3.05) is 47.5 Å². The molecule has 0 saturated carbocycles. The summed E-state index contributed by atoms with van der Waals surface area (Å²) in [6, 6.07) is 0. The summed E-state index contributed by atoms with van der Waals surface area (Å²) in [6.07, 6.45) is 5.93. The Hall–Kier alpha value is -0.760. The SMILES string of the molecule is [2H]C([2H])([2H])C([2H])([2H])C([2H])([2H])CCCCC/C=C\CCCCCCCC(=O)OC[C@@H](O)COP(=O)([O-])OCC[N+](C)(C)C.